The predicted octanol–water partition coefficient (Wildman–Crippen LogP) is 4.73. The Morgan fingerprint density at radius 2 is 1.82 bits per heavy atom. The summed E-state index contributed by atoms with van der Waals surface area (Å²) in [6.07, 6.45) is 7.50. The minimum Gasteiger partial charge on any atom is -0.508 e. The van der Waals surface area contributed by atoms with Gasteiger partial charge in [-0.1, -0.05) is 45.6 Å². The lowest BCUT2D eigenvalue weighted by atomic mass is 9.78. The molecule has 0 bridgehead atoms. The molecular weight excluding hydrogens is 276 g/mol. The highest BCUT2D eigenvalue weighted by atomic mass is 16.4. The summed E-state index contributed by atoms with van der Waals surface area (Å²) in [5.41, 5.74) is 1.90. The summed E-state index contributed by atoms with van der Waals surface area (Å²) in [7, 11) is 0. The quantitative estimate of drug-likeness (QED) is 0.773. The van der Waals surface area contributed by atoms with Crippen LogP contribution >= 0.6 is 0 Å². The molecule has 22 heavy (non-hydrogen) atoms. The van der Waals surface area contributed by atoms with Gasteiger partial charge in [0.25, 0.3) is 0 Å². The van der Waals surface area contributed by atoms with Gasteiger partial charge >= 0.3 is 5.97 Å². The molecule has 0 heterocycles. The second-order valence-electron chi connectivity index (χ2n) is 7.05. The van der Waals surface area contributed by atoms with E-state index in [-0.39, 0.29) is 11.7 Å². The molecule has 0 saturated heterocycles. The van der Waals surface area contributed by atoms with Crippen LogP contribution in [0.3, 0.4) is 0 Å². The van der Waals surface area contributed by atoms with Crippen LogP contribution in [0.4, 0.5) is 0 Å². The molecule has 1 aromatic rings. The molecule has 1 unspecified atom stereocenters. The van der Waals surface area contributed by atoms with E-state index in [0.29, 0.717) is 5.92 Å². The summed E-state index contributed by atoms with van der Waals surface area (Å²) in [4.78, 5) is 12.0. The fraction of sp³-hybridized carbons (Fsp3) is 0.632. The monoisotopic (exact) mass is 304 g/mol. The number of phenolic OH excluding ortho intramolecular Hbond substituents is 1. The van der Waals surface area contributed by atoms with Gasteiger partial charge in [0, 0.05) is 0 Å². The molecule has 0 spiro atoms. The summed E-state index contributed by atoms with van der Waals surface area (Å²) in [5, 5.41) is 19.6. The molecule has 3 heteroatoms. The average Bonchev–Trinajstić information content (AvgIpc) is 2.69. The first kappa shape index (κ1) is 16.9. The number of carbonyl (C=O) groups is 1. The van der Waals surface area contributed by atoms with Crippen LogP contribution in [0.5, 0.6) is 5.75 Å². The zero-order valence-corrected chi connectivity index (χ0v) is 13.7. The van der Waals surface area contributed by atoms with E-state index >= 15 is 0 Å². The van der Waals surface area contributed by atoms with Gasteiger partial charge in [0.2, 0.25) is 0 Å². The van der Waals surface area contributed by atoms with Crippen molar-refractivity contribution in [2.45, 2.75) is 64.7 Å². The molecule has 2 rings (SSSR count). The summed E-state index contributed by atoms with van der Waals surface area (Å²) in [6, 6.07) is 5.21. The number of benzene rings is 1. The molecule has 3 nitrogen and oxygen atoms in total. The second kappa shape index (κ2) is 7.66. The Balaban J connectivity index is 2.36. The maximum Gasteiger partial charge on any atom is 0.311 e. The zero-order chi connectivity index (χ0) is 16.1. The molecule has 1 aromatic carbocycles. The molecule has 2 N–H and O–H groups in total. The van der Waals surface area contributed by atoms with E-state index in [0.717, 1.165) is 43.2 Å². The van der Waals surface area contributed by atoms with Crippen LogP contribution < -0.4 is 0 Å². The third kappa shape index (κ3) is 4.25. The summed E-state index contributed by atoms with van der Waals surface area (Å²) >= 11 is 0. The van der Waals surface area contributed by atoms with Crippen LogP contribution in [0.2, 0.25) is 0 Å². The van der Waals surface area contributed by atoms with Crippen molar-refractivity contribution in [2.24, 2.45) is 11.8 Å². The van der Waals surface area contributed by atoms with Gasteiger partial charge in [-0.15, -0.1) is 0 Å². The molecule has 122 valence electrons. The maximum absolute atomic E-state index is 12.0. The predicted molar refractivity (Wildman–Crippen MR) is 88.2 cm³/mol. The number of hydrogen-bond donors (Lipinski definition) is 2. The van der Waals surface area contributed by atoms with E-state index in [9.17, 15) is 15.0 Å². The van der Waals surface area contributed by atoms with Crippen LogP contribution in [-0.2, 0) is 11.2 Å². The molecule has 1 aliphatic rings. The number of carboxylic acid groups (broad SMARTS) is 1. The first-order valence-corrected chi connectivity index (χ1v) is 8.53. The Bertz CT molecular complexity index is 499. The molecule has 0 aliphatic heterocycles. The number of hydrogen-bond acceptors (Lipinski definition) is 2. The van der Waals surface area contributed by atoms with Gasteiger partial charge in [-0.2, -0.15) is 0 Å². The normalized spacial score (nSPS) is 18.1. The van der Waals surface area contributed by atoms with Crippen LogP contribution in [0.25, 0.3) is 0 Å². The van der Waals surface area contributed by atoms with Crippen molar-refractivity contribution in [1.82, 2.24) is 0 Å². The Morgan fingerprint density at radius 3 is 2.36 bits per heavy atom. The van der Waals surface area contributed by atoms with Crippen molar-refractivity contribution >= 4 is 5.97 Å². The van der Waals surface area contributed by atoms with Gasteiger partial charge in [-0.3, -0.25) is 4.79 Å². The number of aliphatic carboxylic acids is 1. The van der Waals surface area contributed by atoms with Crippen molar-refractivity contribution in [3.05, 3.63) is 29.3 Å². The van der Waals surface area contributed by atoms with E-state index in [1.54, 1.807) is 12.1 Å². The SMILES string of the molecule is CC(C)Cc1cc(O)ccc1C(C(=O)O)C1CCCCCC1. The molecular formula is C19H28O3. The topological polar surface area (TPSA) is 57.5 Å². The van der Waals surface area contributed by atoms with Crippen molar-refractivity contribution < 1.29 is 15.0 Å². The molecule has 1 aliphatic carbocycles. The minimum absolute atomic E-state index is 0.218. The van der Waals surface area contributed by atoms with Crippen LogP contribution in [0.15, 0.2) is 18.2 Å². The third-order valence-corrected chi connectivity index (χ3v) is 4.73. The van der Waals surface area contributed by atoms with Gasteiger partial charge in [-0.05, 0) is 54.4 Å². The molecule has 0 radical (unpaired) electrons. The van der Waals surface area contributed by atoms with Crippen molar-refractivity contribution in [3.8, 4) is 5.75 Å². The maximum atomic E-state index is 12.0. The lowest BCUT2D eigenvalue weighted by Crippen LogP contribution is -2.23. The Kier molecular flexibility index (Phi) is 5.87. The second-order valence-corrected chi connectivity index (χ2v) is 7.05. The Morgan fingerprint density at radius 1 is 1.18 bits per heavy atom. The zero-order valence-electron chi connectivity index (χ0n) is 13.7. The highest BCUT2D eigenvalue weighted by molar-refractivity contribution is 5.77. The first-order valence-electron chi connectivity index (χ1n) is 8.53. The Hall–Kier alpha value is -1.51. The van der Waals surface area contributed by atoms with E-state index in [2.05, 4.69) is 13.8 Å². The average molecular weight is 304 g/mol. The third-order valence-electron chi connectivity index (χ3n) is 4.73. The molecule has 1 saturated carbocycles. The highest BCUT2D eigenvalue weighted by Gasteiger charge is 2.31. The van der Waals surface area contributed by atoms with Gasteiger partial charge in [0.15, 0.2) is 0 Å². The van der Waals surface area contributed by atoms with E-state index in [4.69, 9.17) is 0 Å². The van der Waals surface area contributed by atoms with Crippen LogP contribution in [-0.4, -0.2) is 16.2 Å². The van der Waals surface area contributed by atoms with Gasteiger partial charge in [0.1, 0.15) is 5.75 Å². The van der Waals surface area contributed by atoms with Crippen molar-refractivity contribution in [2.75, 3.05) is 0 Å². The summed E-state index contributed by atoms with van der Waals surface area (Å²) in [6.45, 7) is 4.24. The van der Waals surface area contributed by atoms with Gasteiger partial charge in [-0.25, -0.2) is 0 Å². The number of carboxylic acids is 1. The smallest absolute Gasteiger partial charge is 0.311 e. The first-order chi connectivity index (χ1) is 10.5. The Labute approximate surface area is 133 Å². The standard InChI is InChI=1S/C19H28O3/c1-13(2)11-15-12-16(20)9-10-17(15)18(19(21)22)14-7-5-3-4-6-8-14/h9-10,12-14,18,20H,3-8,11H2,1-2H3,(H,21,22). The molecule has 1 fully saturated rings. The van der Waals surface area contributed by atoms with Crippen molar-refractivity contribution in [3.63, 3.8) is 0 Å². The van der Waals surface area contributed by atoms with Gasteiger partial charge in [0.05, 0.1) is 5.92 Å². The van der Waals surface area contributed by atoms with E-state index in [1.165, 1.54) is 12.8 Å². The molecule has 1 atom stereocenters. The number of rotatable bonds is 5. The van der Waals surface area contributed by atoms with E-state index < -0.39 is 11.9 Å². The van der Waals surface area contributed by atoms with Crippen molar-refractivity contribution in [1.29, 1.82) is 0 Å². The van der Waals surface area contributed by atoms with Crippen LogP contribution in [0, 0.1) is 11.8 Å². The minimum atomic E-state index is -0.720. The number of phenols is 1. The fourth-order valence-electron chi connectivity index (χ4n) is 3.75. The highest BCUT2D eigenvalue weighted by Crippen LogP contribution is 2.38. The van der Waals surface area contributed by atoms with Gasteiger partial charge < -0.3 is 10.2 Å². The summed E-state index contributed by atoms with van der Waals surface area (Å²) in [5.74, 6) is -0.279. The molecule has 0 aromatic heterocycles. The number of aromatic hydroxyl groups is 1. The summed E-state index contributed by atoms with van der Waals surface area (Å²) < 4.78 is 0. The van der Waals surface area contributed by atoms with Crippen LogP contribution in [0.1, 0.15) is 69.4 Å². The largest absolute Gasteiger partial charge is 0.508 e. The fourth-order valence-corrected chi connectivity index (χ4v) is 3.75. The lowest BCUT2D eigenvalue weighted by Gasteiger charge is -2.25. The lowest BCUT2D eigenvalue weighted by molar-refractivity contribution is -0.140. The molecule has 0 amide bonds. The van der Waals surface area contributed by atoms with E-state index in [1.807, 2.05) is 6.07 Å².